The summed E-state index contributed by atoms with van der Waals surface area (Å²) in [5.74, 6) is -0.570. The second kappa shape index (κ2) is 5.31. The van der Waals surface area contributed by atoms with Crippen molar-refractivity contribution in [1.82, 2.24) is 0 Å². The summed E-state index contributed by atoms with van der Waals surface area (Å²) in [4.78, 5) is 11.9. The van der Waals surface area contributed by atoms with Crippen molar-refractivity contribution in [1.29, 1.82) is 0 Å². The van der Waals surface area contributed by atoms with Gasteiger partial charge >= 0.3 is 5.97 Å². The molecule has 3 atom stereocenters. The van der Waals surface area contributed by atoms with Crippen LogP contribution < -0.4 is 5.73 Å². The summed E-state index contributed by atoms with van der Waals surface area (Å²) in [5.41, 5.74) is 3.19. The Morgan fingerprint density at radius 2 is 2.05 bits per heavy atom. The van der Waals surface area contributed by atoms with Gasteiger partial charge < -0.3 is 25.1 Å². The monoisotopic (exact) mass is 307 g/mol. The third-order valence-electron chi connectivity index (χ3n) is 5.01. The van der Waals surface area contributed by atoms with Gasteiger partial charge in [-0.15, -0.1) is 0 Å². The van der Waals surface area contributed by atoms with Crippen molar-refractivity contribution in [3.63, 3.8) is 0 Å². The van der Waals surface area contributed by atoms with Crippen LogP contribution in [-0.4, -0.2) is 41.2 Å². The SMILES string of the molecule is C[C@@]1(O)[C@]2(OCOCc3ccccc3)CC[C@@]1(N)C(=O)OC2. The van der Waals surface area contributed by atoms with Crippen molar-refractivity contribution in [3.8, 4) is 0 Å². The first kappa shape index (κ1) is 15.4. The molecule has 0 radical (unpaired) electrons. The van der Waals surface area contributed by atoms with Crippen LogP contribution in [-0.2, 0) is 25.6 Å². The highest BCUT2D eigenvalue weighted by molar-refractivity contribution is 5.85. The van der Waals surface area contributed by atoms with Crippen LogP contribution in [0.2, 0.25) is 0 Å². The Morgan fingerprint density at radius 3 is 2.77 bits per heavy atom. The molecule has 1 aliphatic carbocycles. The summed E-state index contributed by atoms with van der Waals surface area (Å²) in [6, 6.07) is 9.72. The molecule has 1 saturated carbocycles. The Kier molecular flexibility index (Phi) is 3.72. The second-order valence-corrected chi connectivity index (χ2v) is 6.21. The van der Waals surface area contributed by atoms with E-state index in [9.17, 15) is 9.90 Å². The number of esters is 1. The van der Waals surface area contributed by atoms with Crippen LogP contribution in [0.5, 0.6) is 0 Å². The van der Waals surface area contributed by atoms with E-state index in [2.05, 4.69) is 0 Å². The topological polar surface area (TPSA) is 91.0 Å². The third kappa shape index (κ3) is 2.14. The Morgan fingerprint density at radius 1 is 1.32 bits per heavy atom. The highest BCUT2D eigenvalue weighted by atomic mass is 16.7. The highest BCUT2D eigenvalue weighted by Gasteiger charge is 2.71. The average Bonchev–Trinajstić information content (AvgIpc) is 2.62. The van der Waals surface area contributed by atoms with Crippen molar-refractivity contribution < 1.29 is 24.1 Å². The number of nitrogens with two attached hydrogens (primary N) is 1. The van der Waals surface area contributed by atoms with E-state index in [-0.39, 0.29) is 13.4 Å². The quantitative estimate of drug-likeness (QED) is 0.473. The van der Waals surface area contributed by atoms with Gasteiger partial charge in [-0.2, -0.15) is 0 Å². The number of carbonyl (C=O) groups excluding carboxylic acids is 1. The number of hydrogen-bond acceptors (Lipinski definition) is 6. The molecule has 2 bridgehead atoms. The lowest BCUT2D eigenvalue weighted by Crippen LogP contribution is -2.73. The summed E-state index contributed by atoms with van der Waals surface area (Å²) >= 11 is 0. The van der Waals surface area contributed by atoms with E-state index in [1.807, 2.05) is 30.3 Å². The average molecular weight is 307 g/mol. The zero-order valence-electron chi connectivity index (χ0n) is 12.6. The molecule has 1 aromatic carbocycles. The molecule has 3 N–H and O–H groups in total. The van der Waals surface area contributed by atoms with Gasteiger partial charge in [-0.1, -0.05) is 30.3 Å². The molecule has 6 heteroatoms. The van der Waals surface area contributed by atoms with Crippen molar-refractivity contribution in [2.24, 2.45) is 5.73 Å². The molecule has 0 spiro atoms. The number of fused-ring (bicyclic) bond motifs is 2. The molecule has 22 heavy (non-hydrogen) atoms. The van der Waals surface area contributed by atoms with Crippen LogP contribution >= 0.6 is 0 Å². The van der Waals surface area contributed by atoms with Crippen LogP contribution in [0.15, 0.2) is 30.3 Å². The van der Waals surface area contributed by atoms with Crippen molar-refractivity contribution in [2.45, 2.75) is 43.1 Å². The molecule has 1 aliphatic heterocycles. The molecule has 1 saturated heterocycles. The number of rotatable bonds is 5. The number of aliphatic hydroxyl groups is 1. The van der Waals surface area contributed by atoms with Gasteiger partial charge in [-0.05, 0) is 25.3 Å². The molecule has 3 rings (SSSR count). The minimum Gasteiger partial charge on any atom is -0.461 e. The van der Waals surface area contributed by atoms with Crippen LogP contribution in [0, 0.1) is 0 Å². The maximum atomic E-state index is 11.9. The smallest absolute Gasteiger partial charge is 0.329 e. The van der Waals surface area contributed by atoms with Crippen molar-refractivity contribution >= 4 is 5.97 Å². The Bertz CT molecular complexity index is 561. The van der Waals surface area contributed by atoms with Gasteiger partial charge in [0.15, 0.2) is 0 Å². The molecule has 2 aliphatic rings. The first-order chi connectivity index (χ1) is 10.4. The first-order valence-electron chi connectivity index (χ1n) is 7.35. The molecule has 0 unspecified atom stereocenters. The maximum Gasteiger partial charge on any atom is 0.329 e. The van der Waals surface area contributed by atoms with Crippen molar-refractivity contribution in [3.05, 3.63) is 35.9 Å². The fourth-order valence-corrected chi connectivity index (χ4v) is 3.26. The van der Waals surface area contributed by atoms with Gasteiger partial charge in [0.1, 0.15) is 30.1 Å². The van der Waals surface area contributed by atoms with Gasteiger partial charge in [-0.3, -0.25) is 0 Å². The van der Waals surface area contributed by atoms with E-state index in [1.54, 1.807) is 0 Å². The fourth-order valence-electron chi connectivity index (χ4n) is 3.26. The molecule has 0 amide bonds. The normalized spacial score (nSPS) is 37.1. The molecule has 1 aromatic rings. The van der Waals surface area contributed by atoms with Crippen LogP contribution in [0.4, 0.5) is 0 Å². The third-order valence-corrected chi connectivity index (χ3v) is 5.01. The molecule has 120 valence electrons. The number of carbonyl (C=O) groups is 1. The highest BCUT2D eigenvalue weighted by Crippen LogP contribution is 2.51. The van der Waals surface area contributed by atoms with Gasteiger partial charge in [0.2, 0.25) is 0 Å². The Labute approximate surface area is 129 Å². The van der Waals surface area contributed by atoms with Crippen LogP contribution in [0.25, 0.3) is 0 Å². The minimum atomic E-state index is -1.48. The predicted molar refractivity (Wildman–Crippen MR) is 77.6 cm³/mol. The summed E-state index contributed by atoms with van der Waals surface area (Å²) in [5, 5.41) is 10.8. The Hall–Kier alpha value is -1.47. The lowest BCUT2D eigenvalue weighted by Gasteiger charge is -2.48. The summed E-state index contributed by atoms with van der Waals surface area (Å²) in [7, 11) is 0. The number of cyclic esters (lactones) is 1. The van der Waals surface area contributed by atoms with E-state index in [0.717, 1.165) is 5.56 Å². The number of hydrogen-bond donors (Lipinski definition) is 2. The summed E-state index contributed by atoms with van der Waals surface area (Å²) in [6.07, 6.45) is 0.786. The van der Waals surface area contributed by atoms with Gasteiger partial charge in [0, 0.05) is 0 Å². The minimum absolute atomic E-state index is 0.00131. The van der Waals surface area contributed by atoms with E-state index < -0.39 is 22.7 Å². The standard InChI is InChI=1S/C16H21NO5/c1-14(19)15(7-8-16(14,17)13(18)21-10-15)22-11-20-9-12-5-3-2-4-6-12/h2-6,19H,7-11,17H2,1H3/t14-,15+,16-/m1/s1. The lowest BCUT2D eigenvalue weighted by molar-refractivity contribution is -0.257. The van der Waals surface area contributed by atoms with Gasteiger partial charge in [0.05, 0.1) is 6.61 Å². The number of benzene rings is 1. The summed E-state index contributed by atoms with van der Waals surface area (Å²) in [6.45, 7) is 1.94. The molecular weight excluding hydrogens is 286 g/mol. The Balaban J connectivity index is 1.61. The summed E-state index contributed by atoms with van der Waals surface area (Å²) < 4.78 is 16.4. The largest absolute Gasteiger partial charge is 0.461 e. The molecular formula is C16H21NO5. The lowest BCUT2D eigenvalue weighted by atomic mass is 9.76. The van der Waals surface area contributed by atoms with Gasteiger partial charge in [-0.25, -0.2) is 4.79 Å². The number of ether oxygens (including phenoxy) is 3. The van der Waals surface area contributed by atoms with E-state index in [4.69, 9.17) is 19.9 Å². The molecule has 2 fully saturated rings. The molecule has 1 heterocycles. The first-order valence-corrected chi connectivity index (χ1v) is 7.35. The van der Waals surface area contributed by atoms with Crippen LogP contribution in [0.1, 0.15) is 25.3 Å². The molecule has 6 nitrogen and oxygen atoms in total. The fraction of sp³-hybridized carbons (Fsp3) is 0.562. The van der Waals surface area contributed by atoms with Crippen molar-refractivity contribution in [2.75, 3.05) is 13.4 Å². The maximum absolute atomic E-state index is 11.9. The zero-order valence-corrected chi connectivity index (χ0v) is 12.6. The van der Waals surface area contributed by atoms with Crippen LogP contribution in [0.3, 0.4) is 0 Å². The zero-order chi connectivity index (χ0) is 15.8. The van der Waals surface area contributed by atoms with Gasteiger partial charge in [0.25, 0.3) is 0 Å². The molecule has 0 aromatic heterocycles. The van der Waals surface area contributed by atoms with E-state index in [1.165, 1.54) is 6.92 Å². The second-order valence-electron chi connectivity index (χ2n) is 6.21. The predicted octanol–water partition coefficient (Wildman–Crippen LogP) is 0.715. The van der Waals surface area contributed by atoms with E-state index >= 15 is 0 Å². The van der Waals surface area contributed by atoms with E-state index in [0.29, 0.717) is 19.4 Å².